The molecule has 0 aliphatic rings. The van der Waals surface area contributed by atoms with Gasteiger partial charge in [0.15, 0.2) is 0 Å². The van der Waals surface area contributed by atoms with Crippen LogP contribution < -0.4 is 11.1 Å². The van der Waals surface area contributed by atoms with Gasteiger partial charge in [0.1, 0.15) is 5.54 Å². The largest absolute Gasteiger partial charge is 0.480 e. The fourth-order valence-electron chi connectivity index (χ4n) is 1.22. The van der Waals surface area contributed by atoms with Crippen LogP contribution in [0.4, 0.5) is 0 Å². The number of carbonyl (C=O) groups excluding carboxylic acids is 2. The van der Waals surface area contributed by atoms with Crippen LogP contribution in [0.5, 0.6) is 0 Å². The van der Waals surface area contributed by atoms with Crippen LogP contribution in [0.15, 0.2) is 24.3 Å². The van der Waals surface area contributed by atoms with Gasteiger partial charge in [-0.1, -0.05) is 6.07 Å². The third-order valence-corrected chi connectivity index (χ3v) is 2.37. The number of hydrogen-bond acceptors (Lipinski definition) is 3. The Kier molecular flexibility index (Phi) is 3.70. The summed E-state index contributed by atoms with van der Waals surface area (Å²) in [5.41, 5.74) is 4.08. The number of carboxylic acid groups (broad SMARTS) is 1. The molecule has 6 heteroatoms. The van der Waals surface area contributed by atoms with E-state index < -0.39 is 23.3 Å². The van der Waals surface area contributed by atoms with Crippen LogP contribution in [0.3, 0.4) is 0 Å². The number of nitrogens with one attached hydrogen (secondary N) is 1. The standard InChI is InChI=1S/C12H14N2O4/c1-12(2,11(17)18)14-10(16)8-5-3-4-7(6-8)9(13)15/h3-6H,1-2H3,(H2,13,15)(H,14,16)(H,17,18). The quantitative estimate of drug-likeness (QED) is 0.717. The zero-order valence-corrected chi connectivity index (χ0v) is 10.1. The first-order valence-electron chi connectivity index (χ1n) is 5.20. The number of rotatable bonds is 4. The van der Waals surface area contributed by atoms with E-state index >= 15 is 0 Å². The fourth-order valence-corrected chi connectivity index (χ4v) is 1.22. The molecule has 0 bridgehead atoms. The Bertz CT molecular complexity index is 509. The van der Waals surface area contributed by atoms with Crippen LogP contribution in [0, 0.1) is 0 Å². The molecule has 96 valence electrons. The lowest BCUT2D eigenvalue weighted by Gasteiger charge is -2.21. The lowest BCUT2D eigenvalue weighted by molar-refractivity contribution is -0.143. The first-order chi connectivity index (χ1) is 8.24. The van der Waals surface area contributed by atoms with E-state index in [0.29, 0.717) is 0 Å². The number of nitrogens with two attached hydrogens (primary N) is 1. The van der Waals surface area contributed by atoms with Gasteiger partial charge in [-0.3, -0.25) is 9.59 Å². The topological polar surface area (TPSA) is 109 Å². The molecule has 2 amide bonds. The molecular formula is C12H14N2O4. The van der Waals surface area contributed by atoms with Crippen LogP contribution in [0.1, 0.15) is 34.6 Å². The molecule has 0 fully saturated rings. The van der Waals surface area contributed by atoms with Gasteiger partial charge in [0.2, 0.25) is 5.91 Å². The van der Waals surface area contributed by atoms with Gasteiger partial charge < -0.3 is 16.2 Å². The van der Waals surface area contributed by atoms with E-state index in [1.54, 1.807) is 0 Å². The molecule has 0 saturated heterocycles. The number of amides is 2. The van der Waals surface area contributed by atoms with Crippen LogP contribution in [0.2, 0.25) is 0 Å². The van der Waals surface area contributed by atoms with Crippen LogP contribution in [-0.4, -0.2) is 28.4 Å². The maximum absolute atomic E-state index is 11.8. The van der Waals surface area contributed by atoms with Crippen molar-refractivity contribution in [3.8, 4) is 0 Å². The number of hydrogen-bond donors (Lipinski definition) is 3. The molecule has 6 nitrogen and oxygen atoms in total. The third-order valence-electron chi connectivity index (χ3n) is 2.37. The van der Waals surface area contributed by atoms with Crippen molar-refractivity contribution in [2.75, 3.05) is 0 Å². The highest BCUT2D eigenvalue weighted by atomic mass is 16.4. The minimum atomic E-state index is -1.39. The van der Waals surface area contributed by atoms with Gasteiger partial charge in [-0.05, 0) is 32.0 Å². The van der Waals surface area contributed by atoms with Gasteiger partial charge >= 0.3 is 5.97 Å². The minimum Gasteiger partial charge on any atom is -0.480 e. The third kappa shape index (κ3) is 3.07. The molecule has 18 heavy (non-hydrogen) atoms. The lowest BCUT2D eigenvalue weighted by Crippen LogP contribution is -2.49. The summed E-state index contributed by atoms with van der Waals surface area (Å²) in [4.78, 5) is 33.7. The predicted molar refractivity (Wildman–Crippen MR) is 64.1 cm³/mol. The smallest absolute Gasteiger partial charge is 0.328 e. The molecule has 0 atom stereocenters. The second kappa shape index (κ2) is 4.87. The molecule has 0 aromatic heterocycles. The summed E-state index contributed by atoms with van der Waals surface area (Å²) in [7, 11) is 0. The average molecular weight is 250 g/mol. The molecule has 1 aromatic rings. The first kappa shape index (κ1) is 13.7. The van der Waals surface area contributed by atoms with Crippen molar-refractivity contribution >= 4 is 17.8 Å². The second-order valence-corrected chi connectivity index (χ2v) is 4.33. The Morgan fingerprint density at radius 2 is 1.78 bits per heavy atom. The number of aliphatic carboxylic acids is 1. The summed E-state index contributed by atoms with van der Waals surface area (Å²) in [6.07, 6.45) is 0. The van der Waals surface area contributed by atoms with Gasteiger partial charge in [-0.15, -0.1) is 0 Å². The summed E-state index contributed by atoms with van der Waals surface area (Å²) in [5.74, 6) is -2.38. The number of carboxylic acids is 1. The first-order valence-corrected chi connectivity index (χ1v) is 5.20. The number of benzene rings is 1. The summed E-state index contributed by atoms with van der Waals surface area (Å²) in [6, 6.07) is 5.76. The predicted octanol–water partition coefficient (Wildman–Crippen LogP) is 0.378. The Morgan fingerprint density at radius 3 is 2.28 bits per heavy atom. The van der Waals surface area contributed by atoms with Crippen LogP contribution >= 0.6 is 0 Å². The molecule has 0 aliphatic carbocycles. The van der Waals surface area contributed by atoms with Crippen molar-refractivity contribution in [2.45, 2.75) is 19.4 Å². The van der Waals surface area contributed by atoms with E-state index in [0.717, 1.165) is 0 Å². The molecule has 1 rings (SSSR count). The second-order valence-electron chi connectivity index (χ2n) is 4.33. The summed E-state index contributed by atoms with van der Waals surface area (Å²) < 4.78 is 0. The number of carbonyl (C=O) groups is 3. The fraction of sp³-hybridized carbons (Fsp3) is 0.250. The Hall–Kier alpha value is -2.37. The van der Waals surface area contributed by atoms with Crippen molar-refractivity contribution in [2.24, 2.45) is 5.73 Å². The van der Waals surface area contributed by atoms with Crippen molar-refractivity contribution in [3.63, 3.8) is 0 Å². The molecule has 0 radical (unpaired) electrons. The highest BCUT2D eigenvalue weighted by molar-refractivity contribution is 6.00. The highest BCUT2D eigenvalue weighted by Crippen LogP contribution is 2.08. The Morgan fingerprint density at radius 1 is 1.22 bits per heavy atom. The van der Waals surface area contributed by atoms with Crippen molar-refractivity contribution in [1.29, 1.82) is 0 Å². The normalized spacial score (nSPS) is 10.8. The molecule has 0 heterocycles. The van der Waals surface area contributed by atoms with E-state index in [-0.39, 0.29) is 11.1 Å². The summed E-state index contributed by atoms with van der Waals surface area (Å²) in [5, 5.41) is 11.2. The number of primary amides is 1. The SMILES string of the molecule is CC(C)(NC(=O)c1cccc(C(N)=O)c1)C(=O)O. The zero-order chi connectivity index (χ0) is 13.9. The highest BCUT2D eigenvalue weighted by Gasteiger charge is 2.29. The van der Waals surface area contributed by atoms with Crippen molar-refractivity contribution in [3.05, 3.63) is 35.4 Å². The maximum Gasteiger partial charge on any atom is 0.328 e. The molecule has 1 aromatic carbocycles. The van der Waals surface area contributed by atoms with E-state index in [1.807, 2.05) is 0 Å². The monoisotopic (exact) mass is 250 g/mol. The zero-order valence-electron chi connectivity index (χ0n) is 10.1. The molecule has 0 unspecified atom stereocenters. The summed E-state index contributed by atoms with van der Waals surface area (Å²) in [6.45, 7) is 2.73. The van der Waals surface area contributed by atoms with Gasteiger partial charge in [0, 0.05) is 11.1 Å². The van der Waals surface area contributed by atoms with Gasteiger partial charge in [0.05, 0.1) is 0 Å². The Balaban J connectivity index is 2.95. The van der Waals surface area contributed by atoms with Crippen LogP contribution in [0.25, 0.3) is 0 Å². The Labute approximate surface area is 104 Å². The maximum atomic E-state index is 11.8. The summed E-state index contributed by atoms with van der Waals surface area (Å²) >= 11 is 0. The van der Waals surface area contributed by atoms with Crippen LogP contribution in [-0.2, 0) is 4.79 Å². The lowest BCUT2D eigenvalue weighted by atomic mass is 10.0. The van der Waals surface area contributed by atoms with E-state index in [1.165, 1.54) is 38.1 Å². The molecular weight excluding hydrogens is 236 g/mol. The average Bonchev–Trinajstić information content (AvgIpc) is 2.28. The molecule has 0 aliphatic heterocycles. The molecule has 0 saturated carbocycles. The van der Waals surface area contributed by atoms with E-state index in [4.69, 9.17) is 10.8 Å². The van der Waals surface area contributed by atoms with Gasteiger partial charge in [0.25, 0.3) is 5.91 Å². The molecule has 0 spiro atoms. The van der Waals surface area contributed by atoms with Gasteiger partial charge in [-0.2, -0.15) is 0 Å². The van der Waals surface area contributed by atoms with E-state index in [9.17, 15) is 14.4 Å². The van der Waals surface area contributed by atoms with Crippen molar-refractivity contribution in [1.82, 2.24) is 5.32 Å². The van der Waals surface area contributed by atoms with Gasteiger partial charge in [-0.25, -0.2) is 4.79 Å². The minimum absolute atomic E-state index is 0.181. The van der Waals surface area contributed by atoms with E-state index in [2.05, 4.69) is 5.32 Å². The molecule has 4 N–H and O–H groups in total. The van der Waals surface area contributed by atoms with Crippen molar-refractivity contribution < 1.29 is 19.5 Å².